The first-order valence-electron chi connectivity index (χ1n) is 7.53. The molecule has 0 saturated carbocycles. The lowest BCUT2D eigenvalue weighted by atomic mass is 10.2. The second-order valence-electron chi connectivity index (χ2n) is 5.64. The zero-order chi connectivity index (χ0) is 15.3. The van der Waals surface area contributed by atoms with Gasteiger partial charge < -0.3 is 10.6 Å². The van der Waals surface area contributed by atoms with Crippen LogP contribution in [0.15, 0.2) is 4.99 Å². The van der Waals surface area contributed by atoms with Crippen molar-refractivity contribution in [3.05, 3.63) is 0 Å². The molecule has 6 nitrogen and oxygen atoms in total. The maximum Gasteiger partial charge on any atom is 0.211 e. The summed E-state index contributed by atoms with van der Waals surface area (Å²) in [4.78, 5) is 4.21. The van der Waals surface area contributed by atoms with Crippen molar-refractivity contribution in [1.82, 2.24) is 14.9 Å². The number of thioether (sulfide) groups is 1. The summed E-state index contributed by atoms with van der Waals surface area (Å²) < 4.78 is 25.0. The molecule has 8 heteroatoms. The molecule has 2 atom stereocenters. The highest BCUT2D eigenvalue weighted by Crippen LogP contribution is 2.25. The molecule has 2 N–H and O–H groups in total. The van der Waals surface area contributed by atoms with Gasteiger partial charge in [-0.3, -0.25) is 4.99 Å². The number of sulfonamides is 1. The van der Waals surface area contributed by atoms with E-state index in [1.807, 2.05) is 11.8 Å². The predicted octanol–water partition coefficient (Wildman–Crippen LogP) is 0.471. The van der Waals surface area contributed by atoms with Crippen LogP contribution < -0.4 is 10.6 Å². The highest BCUT2D eigenvalue weighted by molar-refractivity contribution is 8.00. The van der Waals surface area contributed by atoms with Crippen LogP contribution in [0.1, 0.15) is 25.7 Å². The average molecular weight is 335 g/mol. The molecule has 2 heterocycles. The van der Waals surface area contributed by atoms with Gasteiger partial charge in [-0.1, -0.05) is 0 Å². The van der Waals surface area contributed by atoms with Crippen molar-refractivity contribution in [1.29, 1.82) is 0 Å². The number of aliphatic imine (C=N–C) groups is 1. The van der Waals surface area contributed by atoms with E-state index in [1.165, 1.54) is 24.9 Å². The van der Waals surface area contributed by atoms with Crippen LogP contribution in [0.5, 0.6) is 0 Å². The highest BCUT2D eigenvalue weighted by Gasteiger charge is 2.31. The maximum absolute atomic E-state index is 11.7. The summed E-state index contributed by atoms with van der Waals surface area (Å²) in [6.07, 6.45) is 5.70. The molecule has 1 unspecified atom stereocenters. The quantitative estimate of drug-likeness (QED) is 0.565. The van der Waals surface area contributed by atoms with Gasteiger partial charge in [0.2, 0.25) is 10.0 Å². The molecule has 122 valence electrons. The Morgan fingerprint density at radius 1 is 1.29 bits per heavy atom. The monoisotopic (exact) mass is 334 g/mol. The molecule has 0 bridgehead atoms. The van der Waals surface area contributed by atoms with E-state index in [0.717, 1.165) is 25.3 Å². The molecule has 2 aliphatic rings. The molecule has 2 aliphatic heterocycles. The lowest BCUT2D eigenvalue weighted by molar-refractivity contribution is 0.387. The van der Waals surface area contributed by atoms with Gasteiger partial charge in [0.1, 0.15) is 0 Å². The van der Waals surface area contributed by atoms with Gasteiger partial charge in [0.15, 0.2) is 5.96 Å². The van der Waals surface area contributed by atoms with Crippen molar-refractivity contribution in [3.8, 4) is 0 Å². The second kappa shape index (κ2) is 7.69. The minimum atomic E-state index is -3.10. The fourth-order valence-corrected chi connectivity index (χ4v) is 5.28. The molecule has 0 aromatic carbocycles. The molecule has 0 spiro atoms. The van der Waals surface area contributed by atoms with Gasteiger partial charge in [-0.15, -0.1) is 0 Å². The Labute approximate surface area is 132 Å². The summed E-state index contributed by atoms with van der Waals surface area (Å²) in [5.74, 6) is 2.02. The van der Waals surface area contributed by atoms with Crippen molar-refractivity contribution in [2.24, 2.45) is 4.99 Å². The Hall–Kier alpha value is -0.470. The number of hydrogen-bond donors (Lipinski definition) is 2. The summed E-state index contributed by atoms with van der Waals surface area (Å²) in [6, 6.07) is 0.0411. The minimum absolute atomic E-state index is 0.0411. The van der Waals surface area contributed by atoms with Crippen LogP contribution in [0.4, 0.5) is 0 Å². The third kappa shape index (κ3) is 5.03. The van der Waals surface area contributed by atoms with Gasteiger partial charge in [-0.05, 0) is 31.4 Å². The molecule has 0 aromatic rings. The van der Waals surface area contributed by atoms with E-state index in [-0.39, 0.29) is 6.04 Å². The van der Waals surface area contributed by atoms with Gasteiger partial charge >= 0.3 is 0 Å². The number of hydrogen-bond acceptors (Lipinski definition) is 4. The van der Waals surface area contributed by atoms with Crippen molar-refractivity contribution in [2.75, 3.05) is 38.7 Å². The van der Waals surface area contributed by atoms with Crippen LogP contribution in [0, 0.1) is 0 Å². The number of rotatable bonds is 5. The van der Waals surface area contributed by atoms with Crippen molar-refractivity contribution in [2.45, 2.75) is 37.0 Å². The highest BCUT2D eigenvalue weighted by atomic mass is 32.2. The number of nitrogens with zero attached hydrogens (tertiary/aromatic N) is 2. The first-order valence-corrected chi connectivity index (χ1v) is 10.4. The van der Waals surface area contributed by atoms with Crippen molar-refractivity contribution in [3.63, 3.8) is 0 Å². The molecule has 0 amide bonds. The Bertz CT molecular complexity index is 461. The summed E-state index contributed by atoms with van der Waals surface area (Å²) in [7, 11) is -1.35. The zero-order valence-electron chi connectivity index (χ0n) is 12.8. The SMILES string of the molecule is CN=C(NCC1CCCS1)NC[C@H]1CCCN1S(C)(=O)=O. The third-order valence-electron chi connectivity index (χ3n) is 4.00. The van der Waals surface area contributed by atoms with E-state index >= 15 is 0 Å². The van der Waals surface area contributed by atoms with Gasteiger partial charge in [0.25, 0.3) is 0 Å². The molecule has 2 rings (SSSR count). The fraction of sp³-hybridized carbons (Fsp3) is 0.923. The molecule has 0 radical (unpaired) electrons. The Balaban J connectivity index is 1.77. The van der Waals surface area contributed by atoms with E-state index in [4.69, 9.17) is 0 Å². The summed E-state index contributed by atoms with van der Waals surface area (Å²) in [5, 5.41) is 7.27. The molecular formula is C13H26N4O2S2. The van der Waals surface area contributed by atoms with E-state index < -0.39 is 10.0 Å². The average Bonchev–Trinajstić information content (AvgIpc) is 3.09. The van der Waals surface area contributed by atoms with Gasteiger partial charge in [-0.2, -0.15) is 16.1 Å². The van der Waals surface area contributed by atoms with Crippen LogP contribution in [-0.4, -0.2) is 68.7 Å². The number of nitrogens with one attached hydrogen (secondary N) is 2. The van der Waals surface area contributed by atoms with Crippen LogP contribution >= 0.6 is 11.8 Å². The third-order valence-corrected chi connectivity index (χ3v) is 6.73. The molecule has 2 fully saturated rings. The molecule has 0 aromatic heterocycles. The Kier molecular flexibility index (Phi) is 6.19. The van der Waals surface area contributed by atoms with E-state index in [0.29, 0.717) is 18.3 Å². The summed E-state index contributed by atoms with van der Waals surface area (Å²) in [5.41, 5.74) is 0. The van der Waals surface area contributed by atoms with E-state index in [2.05, 4.69) is 15.6 Å². The van der Waals surface area contributed by atoms with Crippen LogP contribution in [0.2, 0.25) is 0 Å². The standard InChI is InChI=1S/C13H26N4O2S2/c1-14-13(16-10-12-6-4-8-20-12)15-9-11-5-3-7-17(11)21(2,18)19/h11-12H,3-10H2,1-2H3,(H2,14,15,16)/t11-,12?/m1/s1. The lowest BCUT2D eigenvalue weighted by Crippen LogP contribution is -2.47. The smallest absolute Gasteiger partial charge is 0.211 e. The fourth-order valence-electron chi connectivity index (χ4n) is 2.90. The topological polar surface area (TPSA) is 73.8 Å². The predicted molar refractivity (Wildman–Crippen MR) is 89.4 cm³/mol. The summed E-state index contributed by atoms with van der Waals surface area (Å²) in [6.45, 7) is 2.17. The van der Waals surface area contributed by atoms with Crippen molar-refractivity contribution < 1.29 is 8.42 Å². The van der Waals surface area contributed by atoms with Gasteiger partial charge in [0.05, 0.1) is 6.26 Å². The van der Waals surface area contributed by atoms with E-state index in [1.54, 1.807) is 11.4 Å². The maximum atomic E-state index is 11.7. The number of guanidine groups is 1. The Morgan fingerprint density at radius 2 is 2.05 bits per heavy atom. The first-order chi connectivity index (χ1) is 10.0. The van der Waals surface area contributed by atoms with Gasteiger partial charge in [0, 0.05) is 38.0 Å². The van der Waals surface area contributed by atoms with Gasteiger partial charge in [-0.25, -0.2) is 8.42 Å². The second-order valence-corrected chi connectivity index (χ2v) is 8.98. The van der Waals surface area contributed by atoms with Crippen LogP contribution in [0.3, 0.4) is 0 Å². The Morgan fingerprint density at radius 3 is 2.67 bits per heavy atom. The normalized spacial score (nSPS) is 28.0. The zero-order valence-corrected chi connectivity index (χ0v) is 14.5. The van der Waals surface area contributed by atoms with E-state index in [9.17, 15) is 8.42 Å². The van der Waals surface area contributed by atoms with Crippen LogP contribution in [0.25, 0.3) is 0 Å². The van der Waals surface area contributed by atoms with Crippen molar-refractivity contribution >= 4 is 27.7 Å². The molecular weight excluding hydrogens is 308 g/mol. The summed E-state index contributed by atoms with van der Waals surface area (Å²) >= 11 is 2.01. The van der Waals surface area contributed by atoms with Crippen LogP contribution in [-0.2, 0) is 10.0 Å². The minimum Gasteiger partial charge on any atom is -0.355 e. The first kappa shape index (κ1) is 16.9. The molecule has 2 saturated heterocycles. The molecule has 21 heavy (non-hydrogen) atoms. The molecule has 0 aliphatic carbocycles. The largest absolute Gasteiger partial charge is 0.355 e. The lowest BCUT2D eigenvalue weighted by Gasteiger charge is -2.23.